The number of nitrogens with zero attached hydrogens (tertiary/aromatic N) is 2. The number of carbonyl (C=O) groups excluding carboxylic acids is 1. The van der Waals surface area contributed by atoms with Crippen molar-refractivity contribution in [2.45, 2.75) is 57.9 Å². The van der Waals surface area contributed by atoms with Gasteiger partial charge < -0.3 is 19.8 Å². The molecule has 0 amide bonds. The van der Waals surface area contributed by atoms with Crippen LogP contribution in [0.1, 0.15) is 47.7 Å². The molecule has 1 aromatic heterocycles. The van der Waals surface area contributed by atoms with Crippen molar-refractivity contribution in [2.24, 2.45) is 0 Å². The number of halogens is 1. The standard InChI is InChI=1S/C24H23FN2O4/c1-3-24(30)16-7-19-21-14(9-27(19)22(28)15(16)10-31-23(24)29)13-6-4-5-12-11(2)17(25)8-18(26-21)20(12)13/h7-8,22,28,30H,3-6,9-10H2,1-2H3/t22?,24-/m0/s1. The molecule has 4 heterocycles. The van der Waals surface area contributed by atoms with E-state index in [-0.39, 0.29) is 18.8 Å². The highest BCUT2D eigenvalue weighted by Crippen LogP contribution is 2.47. The van der Waals surface area contributed by atoms with Gasteiger partial charge >= 0.3 is 5.97 Å². The molecule has 1 aliphatic carbocycles. The van der Waals surface area contributed by atoms with Gasteiger partial charge in [-0.3, -0.25) is 0 Å². The monoisotopic (exact) mass is 422 g/mol. The van der Waals surface area contributed by atoms with Gasteiger partial charge in [0.1, 0.15) is 12.4 Å². The van der Waals surface area contributed by atoms with Gasteiger partial charge in [-0.15, -0.1) is 0 Å². The molecule has 2 atom stereocenters. The molecular formula is C24H23FN2O4. The molecule has 7 heteroatoms. The number of aromatic nitrogens is 1. The summed E-state index contributed by atoms with van der Waals surface area (Å²) < 4.78 is 19.8. The maximum atomic E-state index is 14.6. The van der Waals surface area contributed by atoms with E-state index in [1.807, 2.05) is 11.8 Å². The average Bonchev–Trinajstić information content (AvgIpc) is 3.14. The Balaban J connectivity index is 1.62. The number of esters is 1. The number of hydrogen-bond donors (Lipinski definition) is 2. The Kier molecular flexibility index (Phi) is 3.76. The second kappa shape index (κ2) is 6.14. The van der Waals surface area contributed by atoms with E-state index in [0.29, 0.717) is 40.2 Å². The molecule has 6 rings (SSSR count). The van der Waals surface area contributed by atoms with Gasteiger partial charge in [-0.1, -0.05) is 6.92 Å². The number of carbonyl (C=O) groups is 1. The molecule has 4 aliphatic rings. The van der Waals surface area contributed by atoms with E-state index in [2.05, 4.69) is 0 Å². The van der Waals surface area contributed by atoms with Crippen LogP contribution in [0.5, 0.6) is 0 Å². The predicted molar refractivity (Wildman–Crippen MR) is 111 cm³/mol. The summed E-state index contributed by atoms with van der Waals surface area (Å²) in [6, 6.07) is 1.50. The minimum atomic E-state index is -1.79. The van der Waals surface area contributed by atoms with Gasteiger partial charge in [-0.05, 0) is 55.4 Å². The van der Waals surface area contributed by atoms with Crippen LogP contribution in [0, 0.1) is 12.7 Å². The highest BCUT2D eigenvalue weighted by Gasteiger charge is 2.49. The summed E-state index contributed by atoms with van der Waals surface area (Å²) in [6.45, 7) is 3.96. The van der Waals surface area contributed by atoms with Crippen LogP contribution in [0.2, 0.25) is 0 Å². The molecule has 0 spiro atoms. The van der Waals surface area contributed by atoms with E-state index in [4.69, 9.17) is 9.72 Å². The maximum absolute atomic E-state index is 14.6. The van der Waals surface area contributed by atoms with Crippen LogP contribution in [0.3, 0.4) is 0 Å². The number of aliphatic hydroxyl groups excluding tert-OH is 1. The largest absolute Gasteiger partial charge is 0.459 e. The molecule has 2 N–H and O–H groups in total. The Bertz CT molecular complexity index is 1260. The zero-order valence-electron chi connectivity index (χ0n) is 17.5. The van der Waals surface area contributed by atoms with E-state index < -0.39 is 17.8 Å². The third-order valence-electron chi connectivity index (χ3n) is 7.44. The van der Waals surface area contributed by atoms with E-state index in [1.54, 1.807) is 13.0 Å². The van der Waals surface area contributed by atoms with Gasteiger partial charge in [-0.2, -0.15) is 0 Å². The molecule has 0 radical (unpaired) electrons. The first kappa shape index (κ1) is 19.0. The van der Waals surface area contributed by atoms with Gasteiger partial charge in [0, 0.05) is 34.7 Å². The molecule has 31 heavy (non-hydrogen) atoms. The third-order valence-corrected chi connectivity index (χ3v) is 7.44. The van der Waals surface area contributed by atoms with Crippen molar-refractivity contribution in [3.05, 3.63) is 57.1 Å². The predicted octanol–water partition coefficient (Wildman–Crippen LogP) is 2.65. The first-order chi connectivity index (χ1) is 14.8. The Hall–Kier alpha value is -2.77. The van der Waals surface area contributed by atoms with Crippen molar-refractivity contribution in [1.29, 1.82) is 0 Å². The molecule has 6 nitrogen and oxygen atoms in total. The Morgan fingerprint density at radius 1 is 1.32 bits per heavy atom. The second-order valence-corrected chi connectivity index (χ2v) is 8.89. The zero-order chi connectivity index (χ0) is 21.7. The number of fused-ring (bicyclic) bond motifs is 4. The number of benzene rings is 1. The minimum Gasteiger partial charge on any atom is -0.459 e. The van der Waals surface area contributed by atoms with Crippen molar-refractivity contribution in [3.63, 3.8) is 0 Å². The van der Waals surface area contributed by atoms with Gasteiger partial charge in [0.05, 0.1) is 16.9 Å². The highest BCUT2D eigenvalue weighted by molar-refractivity contribution is 5.93. The smallest absolute Gasteiger partial charge is 0.343 e. The third kappa shape index (κ3) is 2.28. The lowest BCUT2D eigenvalue weighted by Gasteiger charge is -2.40. The van der Waals surface area contributed by atoms with Gasteiger partial charge in [0.15, 0.2) is 11.8 Å². The summed E-state index contributed by atoms with van der Waals surface area (Å²) in [5, 5.41) is 23.2. The summed E-state index contributed by atoms with van der Waals surface area (Å²) in [4.78, 5) is 19.0. The maximum Gasteiger partial charge on any atom is 0.343 e. The second-order valence-electron chi connectivity index (χ2n) is 8.89. The fourth-order valence-corrected chi connectivity index (χ4v) is 5.67. The van der Waals surface area contributed by atoms with Crippen molar-refractivity contribution < 1.29 is 24.1 Å². The van der Waals surface area contributed by atoms with E-state index in [9.17, 15) is 19.4 Å². The molecule has 1 aromatic carbocycles. The van der Waals surface area contributed by atoms with Crippen LogP contribution < -0.4 is 0 Å². The van der Waals surface area contributed by atoms with Crippen LogP contribution in [0.25, 0.3) is 16.6 Å². The zero-order valence-corrected chi connectivity index (χ0v) is 17.5. The molecule has 2 aromatic rings. The first-order valence-electron chi connectivity index (χ1n) is 10.8. The van der Waals surface area contributed by atoms with Gasteiger partial charge in [0.25, 0.3) is 0 Å². The highest BCUT2D eigenvalue weighted by atomic mass is 19.1. The molecule has 160 valence electrons. The molecular weight excluding hydrogens is 399 g/mol. The summed E-state index contributed by atoms with van der Waals surface area (Å²) >= 11 is 0. The summed E-state index contributed by atoms with van der Waals surface area (Å²) in [7, 11) is 0. The Morgan fingerprint density at radius 2 is 2.10 bits per heavy atom. The van der Waals surface area contributed by atoms with E-state index in [1.165, 1.54) is 11.6 Å². The number of hydrogen-bond acceptors (Lipinski definition) is 6. The lowest BCUT2D eigenvalue weighted by atomic mass is 9.82. The van der Waals surface area contributed by atoms with Crippen LogP contribution in [-0.2, 0) is 28.9 Å². The number of rotatable bonds is 1. The normalized spacial score (nSPS) is 26.5. The number of aliphatic hydroxyl groups is 2. The number of pyridine rings is 1. The molecule has 0 fully saturated rings. The SMILES string of the molecule is CC[C@@]1(O)C(=O)OCC2=C1C=C1c3nc4cc(F)c(C)c5c4c(c3CN1C2O)CCC5. The van der Waals surface area contributed by atoms with Crippen molar-refractivity contribution in [1.82, 2.24) is 9.88 Å². The van der Waals surface area contributed by atoms with Crippen LogP contribution in [0.15, 0.2) is 23.3 Å². The van der Waals surface area contributed by atoms with Crippen LogP contribution >= 0.6 is 0 Å². The van der Waals surface area contributed by atoms with Crippen molar-refractivity contribution >= 4 is 22.6 Å². The van der Waals surface area contributed by atoms with Crippen LogP contribution in [0.4, 0.5) is 4.39 Å². The quantitative estimate of drug-likeness (QED) is 0.688. The van der Waals surface area contributed by atoms with Crippen molar-refractivity contribution in [3.8, 4) is 0 Å². The Labute approximate surface area is 178 Å². The summed E-state index contributed by atoms with van der Waals surface area (Å²) in [5.41, 5.74) is 5.00. The van der Waals surface area contributed by atoms with E-state index in [0.717, 1.165) is 35.8 Å². The first-order valence-corrected chi connectivity index (χ1v) is 10.8. The molecule has 0 saturated carbocycles. The van der Waals surface area contributed by atoms with E-state index >= 15 is 0 Å². The van der Waals surface area contributed by atoms with Crippen molar-refractivity contribution in [2.75, 3.05) is 6.61 Å². The van der Waals surface area contributed by atoms with Gasteiger partial charge in [0.2, 0.25) is 0 Å². The van der Waals surface area contributed by atoms with Crippen LogP contribution in [-0.4, -0.2) is 44.5 Å². The number of cyclic esters (lactones) is 1. The molecule has 1 unspecified atom stereocenters. The average molecular weight is 422 g/mol. The Morgan fingerprint density at radius 3 is 2.87 bits per heavy atom. The topological polar surface area (TPSA) is 82.9 Å². The fraction of sp³-hybridized carbons (Fsp3) is 0.417. The fourth-order valence-electron chi connectivity index (χ4n) is 5.67. The summed E-state index contributed by atoms with van der Waals surface area (Å²) in [5.74, 6) is -0.955. The number of ether oxygens (including phenoxy) is 1. The minimum absolute atomic E-state index is 0.0505. The lowest BCUT2D eigenvalue weighted by Crippen LogP contribution is -2.50. The summed E-state index contributed by atoms with van der Waals surface area (Å²) in [6.07, 6.45) is 3.53. The lowest BCUT2D eigenvalue weighted by molar-refractivity contribution is -0.164. The van der Waals surface area contributed by atoms with Gasteiger partial charge in [-0.25, -0.2) is 14.2 Å². The molecule has 3 aliphatic heterocycles. The molecule has 0 saturated heterocycles. The molecule has 0 bridgehead atoms. The number of aryl methyl sites for hydroxylation is 2.